The first-order chi connectivity index (χ1) is 15.0. The quantitative estimate of drug-likeness (QED) is 0.675. The van der Waals surface area contributed by atoms with Gasteiger partial charge in [-0.25, -0.2) is 18.7 Å². The molecule has 162 valence electrons. The SMILES string of the molecule is Cc1cc(F)ccc1[C@H]1CCCN1c1ccn2ncc(NC(=O)N3CC[C@H](O)C3)c2n1. The predicted octanol–water partition coefficient (Wildman–Crippen LogP) is 3.12. The van der Waals surface area contributed by atoms with E-state index in [4.69, 9.17) is 4.98 Å². The molecule has 0 bridgehead atoms. The van der Waals surface area contributed by atoms with E-state index in [1.54, 1.807) is 21.7 Å². The largest absolute Gasteiger partial charge is 0.391 e. The van der Waals surface area contributed by atoms with Gasteiger partial charge in [-0.3, -0.25) is 0 Å². The summed E-state index contributed by atoms with van der Waals surface area (Å²) in [5, 5.41) is 16.8. The van der Waals surface area contributed by atoms with Crippen LogP contribution in [0.15, 0.2) is 36.7 Å². The van der Waals surface area contributed by atoms with Crippen molar-refractivity contribution in [3.05, 3.63) is 53.6 Å². The maximum absolute atomic E-state index is 13.6. The molecule has 9 heteroatoms. The number of aromatic nitrogens is 3. The first kappa shape index (κ1) is 19.7. The van der Waals surface area contributed by atoms with Crippen LogP contribution in [0.2, 0.25) is 0 Å². The Hall–Kier alpha value is -3.20. The van der Waals surface area contributed by atoms with Crippen LogP contribution in [0.3, 0.4) is 0 Å². The van der Waals surface area contributed by atoms with Crippen LogP contribution in [0.1, 0.15) is 36.4 Å². The standard InChI is InChI=1S/C22H25FN6O2/c1-14-11-15(23)4-5-17(14)19-3-2-8-28(19)20-7-10-29-21(26-20)18(12-24-29)25-22(31)27-9-6-16(30)13-27/h4-5,7,10-12,16,19,30H,2-3,6,8-9,13H2,1H3,(H,25,31)/t16-,19+/m0/s1. The second-order valence-electron chi connectivity index (χ2n) is 8.28. The summed E-state index contributed by atoms with van der Waals surface area (Å²) < 4.78 is 15.2. The van der Waals surface area contributed by atoms with Gasteiger partial charge in [0.05, 0.1) is 18.3 Å². The second kappa shape index (κ2) is 7.81. The molecule has 0 radical (unpaired) electrons. The molecule has 0 spiro atoms. The lowest BCUT2D eigenvalue weighted by atomic mass is 9.99. The Bertz CT molecular complexity index is 1130. The summed E-state index contributed by atoms with van der Waals surface area (Å²) in [5.41, 5.74) is 3.13. The molecular formula is C22H25FN6O2. The van der Waals surface area contributed by atoms with Gasteiger partial charge in [0.2, 0.25) is 0 Å². The smallest absolute Gasteiger partial charge is 0.322 e. The summed E-state index contributed by atoms with van der Waals surface area (Å²) in [4.78, 5) is 21.2. The van der Waals surface area contributed by atoms with Crippen molar-refractivity contribution in [2.75, 3.05) is 29.9 Å². The highest BCUT2D eigenvalue weighted by Crippen LogP contribution is 2.37. The number of anilines is 2. The van der Waals surface area contributed by atoms with Gasteiger partial charge in [0, 0.05) is 25.8 Å². The molecule has 3 aromatic rings. The molecule has 2 aliphatic heterocycles. The van der Waals surface area contributed by atoms with E-state index in [9.17, 15) is 14.3 Å². The topological polar surface area (TPSA) is 86.0 Å². The molecule has 8 nitrogen and oxygen atoms in total. The third-order valence-corrected chi connectivity index (χ3v) is 6.18. The van der Waals surface area contributed by atoms with Gasteiger partial charge in [0.25, 0.3) is 0 Å². The normalized spacial score (nSPS) is 21.3. The molecule has 2 aliphatic rings. The van der Waals surface area contributed by atoms with Crippen LogP contribution in [0.25, 0.3) is 5.65 Å². The number of carbonyl (C=O) groups is 1. The lowest BCUT2D eigenvalue weighted by Crippen LogP contribution is -2.33. The van der Waals surface area contributed by atoms with Crippen molar-refractivity contribution in [3.8, 4) is 0 Å². The molecule has 2 saturated heterocycles. The van der Waals surface area contributed by atoms with E-state index in [-0.39, 0.29) is 17.9 Å². The molecule has 0 unspecified atom stereocenters. The number of nitrogens with one attached hydrogen (secondary N) is 1. The summed E-state index contributed by atoms with van der Waals surface area (Å²) in [7, 11) is 0. The van der Waals surface area contributed by atoms with Crippen molar-refractivity contribution in [1.29, 1.82) is 0 Å². The molecule has 0 aliphatic carbocycles. The highest BCUT2D eigenvalue weighted by Gasteiger charge is 2.29. The van der Waals surface area contributed by atoms with Gasteiger partial charge < -0.3 is 20.2 Å². The molecule has 0 saturated carbocycles. The zero-order chi connectivity index (χ0) is 21.5. The number of hydrogen-bond acceptors (Lipinski definition) is 5. The number of aliphatic hydroxyl groups is 1. The number of β-amino-alcohol motifs (C(OH)–C–C–N with tert-alkyl or cyclic N) is 1. The number of carbonyl (C=O) groups excluding carboxylic acids is 1. The van der Waals surface area contributed by atoms with E-state index in [1.807, 2.05) is 25.3 Å². The average molecular weight is 424 g/mol. The van der Waals surface area contributed by atoms with Crippen LogP contribution in [0, 0.1) is 12.7 Å². The number of hydrogen-bond donors (Lipinski definition) is 2. The van der Waals surface area contributed by atoms with Crippen LogP contribution in [0.5, 0.6) is 0 Å². The fourth-order valence-corrected chi connectivity index (χ4v) is 4.61. The number of halogens is 1. The van der Waals surface area contributed by atoms with Gasteiger partial charge in [0.15, 0.2) is 5.65 Å². The maximum atomic E-state index is 13.6. The molecule has 5 rings (SSSR count). The molecule has 31 heavy (non-hydrogen) atoms. The van der Waals surface area contributed by atoms with Gasteiger partial charge in [-0.05, 0) is 55.5 Å². The van der Waals surface area contributed by atoms with Gasteiger partial charge >= 0.3 is 6.03 Å². The van der Waals surface area contributed by atoms with E-state index in [0.29, 0.717) is 30.8 Å². The van der Waals surface area contributed by atoms with Gasteiger partial charge in [-0.15, -0.1) is 0 Å². The summed E-state index contributed by atoms with van der Waals surface area (Å²) in [6.45, 7) is 3.64. The molecule has 1 aromatic carbocycles. The minimum absolute atomic E-state index is 0.127. The highest BCUT2D eigenvalue weighted by atomic mass is 19.1. The molecule has 2 fully saturated rings. The zero-order valence-corrected chi connectivity index (χ0v) is 17.3. The van der Waals surface area contributed by atoms with Crippen molar-refractivity contribution in [2.24, 2.45) is 0 Å². The number of likely N-dealkylation sites (tertiary alicyclic amines) is 1. The average Bonchev–Trinajstić information content (AvgIpc) is 3.48. The number of urea groups is 1. The minimum atomic E-state index is -0.471. The monoisotopic (exact) mass is 424 g/mol. The number of nitrogens with zero attached hydrogens (tertiary/aromatic N) is 5. The fourth-order valence-electron chi connectivity index (χ4n) is 4.61. The van der Waals surface area contributed by atoms with E-state index < -0.39 is 6.10 Å². The summed E-state index contributed by atoms with van der Waals surface area (Å²) in [5.74, 6) is 0.571. The van der Waals surface area contributed by atoms with Crippen molar-refractivity contribution >= 4 is 23.2 Å². The summed E-state index contributed by atoms with van der Waals surface area (Å²) >= 11 is 0. The number of benzene rings is 1. The summed E-state index contributed by atoms with van der Waals surface area (Å²) in [6, 6.07) is 6.72. The molecule has 2 amide bonds. The van der Waals surface area contributed by atoms with E-state index in [0.717, 1.165) is 36.3 Å². The van der Waals surface area contributed by atoms with Crippen LogP contribution < -0.4 is 10.2 Å². The highest BCUT2D eigenvalue weighted by molar-refractivity contribution is 5.93. The van der Waals surface area contributed by atoms with E-state index in [2.05, 4.69) is 15.3 Å². The van der Waals surface area contributed by atoms with Crippen molar-refractivity contribution < 1.29 is 14.3 Å². The van der Waals surface area contributed by atoms with Crippen LogP contribution >= 0.6 is 0 Å². The number of aliphatic hydroxyl groups excluding tert-OH is 1. The second-order valence-corrected chi connectivity index (χ2v) is 8.28. The van der Waals surface area contributed by atoms with Crippen molar-refractivity contribution in [1.82, 2.24) is 19.5 Å². The van der Waals surface area contributed by atoms with Gasteiger partial charge in [0.1, 0.15) is 17.3 Å². The third-order valence-electron chi connectivity index (χ3n) is 6.18. The van der Waals surface area contributed by atoms with E-state index in [1.165, 1.54) is 6.07 Å². The third kappa shape index (κ3) is 3.69. The van der Waals surface area contributed by atoms with Gasteiger partial charge in [-0.2, -0.15) is 5.10 Å². The van der Waals surface area contributed by atoms with Crippen molar-refractivity contribution in [3.63, 3.8) is 0 Å². The number of amides is 2. The molecular weight excluding hydrogens is 399 g/mol. The minimum Gasteiger partial charge on any atom is -0.391 e. The molecule has 2 N–H and O–H groups in total. The summed E-state index contributed by atoms with van der Waals surface area (Å²) in [6.07, 6.45) is 5.53. The van der Waals surface area contributed by atoms with Gasteiger partial charge in [-0.1, -0.05) is 6.07 Å². The lowest BCUT2D eigenvalue weighted by molar-refractivity contribution is 0.176. The Balaban J connectivity index is 1.42. The Kier molecular flexibility index (Phi) is 4.97. The lowest BCUT2D eigenvalue weighted by Gasteiger charge is -2.27. The molecule has 2 atom stereocenters. The van der Waals surface area contributed by atoms with E-state index >= 15 is 0 Å². The Morgan fingerprint density at radius 3 is 2.90 bits per heavy atom. The molecule has 4 heterocycles. The van der Waals surface area contributed by atoms with Crippen LogP contribution in [-0.4, -0.2) is 56.4 Å². The first-order valence-electron chi connectivity index (χ1n) is 10.6. The van der Waals surface area contributed by atoms with Crippen LogP contribution in [-0.2, 0) is 0 Å². The van der Waals surface area contributed by atoms with Crippen LogP contribution in [0.4, 0.5) is 20.7 Å². The Labute approximate surface area is 179 Å². The molecule has 2 aromatic heterocycles. The zero-order valence-electron chi connectivity index (χ0n) is 17.3. The number of aryl methyl sites for hydroxylation is 1. The Morgan fingerprint density at radius 2 is 2.13 bits per heavy atom. The maximum Gasteiger partial charge on any atom is 0.322 e. The Morgan fingerprint density at radius 1 is 1.26 bits per heavy atom. The first-order valence-corrected chi connectivity index (χ1v) is 10.6. The van der Waals surface area contributed by atoms with Crippen molar-refractivity contribution in [2.45, 2.75) is 38.3 Å². The number of fused-ring (bicyclic) bond motifs is 1. The number of rotatable bonds is 3. The fraction of sp³-hybridized carbons (Fsp3) is 0.409. The predicted molar refractivity (Wildman–Crippen MR) is 115 cm³/mol.